The van der Waals surface area contributed by atoms with Crippen LogP contribution < -0.4 is 4.90 Å². The molecule has 0 aromatic heterocycles. The monoisotopic (exact) mass is 285 g/mol. The number of aliphatic carboxylic acids is 1. The highest BCUT2D eigenvalue weighted by Crippen LogP contribution is 2.19. The average molecular weight is 286 g/mol. The lowest BCUT2D eigenvalue weighted by atomic mass is 10.1. The van der Waals surface area contributed by atoms with E-state index in [1.165, 1.54) is 0 Å². The molecular formula is C12H16BrNO2. The zero-order valence-corrected chi connectivity index (χ0v) is 11.1. The maximum absolute atomic E-state index is 10.8. The Hall–Kier alpha value is -1.03. The molecule has 0 aliphatic rings. The molecular weight excluding hydrogens is 270 g/mol. The zero-order valence-electron chi connectivity index (χ0n) is 9.48. The number of carboxylic acid groups (broad SMARTS) is 1. The van der Waals surface area contributed by atoms with Gasteiger partial charge in [-0.3, -0.25) is 4.79 Å². The molecule has 16 heavy (non-hydrogen) atoms. The maximum atomic E-state index is 10.8. The lowest BCUT2D eigenvalue weighted by Gasteiger charge is -2.25. The largest absolute Gasteiger partial charge is 0.481 e. The number of carboxylic acids is 1. The van der Waals surface area contributed by atoms with E-state index in [9.17, 15) is 4.79 Å². The zero-order chi connectivity index (χ0) is 12.1. The first-order chi connectivity index (χ1) is 7.54. The fraction of sp³-hybridized carbons (Fsp3) is 0.417. The van der Waals surface area contributed by atoms with Crippen LogP contribution in [0.2, 0.25) is 0 Å². The lowest BCUT2D eigenvalue weighted by molar-refractivity contribution is -0.140. The van der Waals surface area contributed by atoms with Crippen molar-refractivity contribution in [3.63, 3.8) is 0 Å². The Morgan fingerprint density at radius 3 is 2.44 bits per heavy atom. The molecule has 0 heterocycles. The molecule has 1 N–H and O–H groups in total. The van der Waals surface area contributed by atoms with Gasteiger partial charge in [0.05, 0.1) is 5.92 Å². The minimum atomic E-state index is -0.754. The molecule has 1 rings (SSSR count). The van der Waals surface area contributed by atoms with Gasteiger partial charge in [0.1, 0.15) is 0 Å². The molecule has 0 aliphatic carbocycles. The summed E-state index contributed by atoms with van der Waals surface area (Å²) in [5.74, 6) is -1.11. The van der Waals surface area contributed by atoms with Gasteiger partial charge in [-0.05, 0) is 31.2 Å². The molecule has 0 amide bonds. The Bertz CT molecular complexity index is 351. The summed E-state index contributed by atoms with van der Waals surface area (Å²) in [4.78, 5) is 12.9. The quantitative estimate of drug-likeness (QED) is 0.904. The molecule has 0 bridgehead atoms. The van der Waals surface area contributed by atoms with Gasteiger partial charge in [-0.15, -0.1) is 0 Å². The number of hydrogen-bond donors (Lipinski definition) is 1. The second kappa shape index (κ2) is 5.89. The van der Waals surface area contributed by atoms with E-state index in [0.29, 0.717) is 6.54 Å². The van der Waals surface area contributed by atoms with Crippen molar-refractivity contribution in [2.24, 2.45) is 5.92 Å². The summed E-state index contributed by atoms with van der Waals surface area (Å²) in [6.07, 6.45) is 0. The number of nitrogens with zero attached hydrogens (tertiary/aromatic N) is 1. The molecule has 3 nitrogen and oxygen atoms in total. The van der Waals surface area contributed by atoms with E-state index in [-0.39, 0.29) is 5.92 Å². The van der Waals surface area contributed by atoms with Crippen LogP contribution >= 0.6 is 15.9 Å². The number of anilines is 1. The van der Waals surface area contributed by atoms with Crippen LogP contribution in [0.4, 0.5) is 5.69 Å². The van der Waals surface area contributed by atoms with Gasteiger partial charge in [-0.1, -0.05) is 22.9 Å². The third kappa shape index (κ3) is 3.52. The Kier molecular flexibility index (Phi) is 4.80. The third-order valence-corrected chi connectivity index (χ3v) is 3.02. The maximum Gasteiger partial charge on any atom is 0.308 e. The van der Waals surface area contributed by atoms with E-state index in [1.807, 2.05) is 31.2 Å². The highest BCUT2D eigenvalue weighted by Gasteiger charge is 2.15. The molecule has 1 unspecified atom stereocenters. The summed E-state index contributed by atoms with van der Waals surface area (Å²) in [7, 11) is 0. The van der Waals surface area contributed by atoms with Gasteiger partial charge >= 0.3 is 5.97 Å². The Morgan fingerprint density at radius 2 is 2.00 bits per heavy atom. The van der Waals surface area contributed by atoms with Crippen LogP contribution in [0.3, 0.4) is 0 Å². The minimum absolute atomic E-state index is 0.358. The van der Waals surface area contributed by atoms with Crippen molar-refractivity contribution >= 4 is 27.6 Å². The Balaban J connectivity index is 2.74. The molecule has 1 atom stereocenters. The average Bonchev–Trinajstić information content (AvgIpc) is 2.26. The van der Waals surface area contributed by atoms with Crippen molar-refractivity contribution in [1.82, 2.24) is 0 Å². The van der Waals surface area contributed by atoms with E-state index >= 15 is 0 Å². The predicted octanol–water partition coefficient (Wildman–Crippen LogP) is 3.00. The predicted molar refractivity (Wildman–Crippen MR) is 68.8 cm³/mol. The number of carbonyl (C=O) groups is 1. The van der Waals surface area contributed by atoms with Gasteiger partial charge in [0.2, 0.25) is 0 Å². The lowest BCUT2D eigenvalue weighted by Crippen LogP contribution is -2.31. The van der Waals surface area contributed by atoms with Crippen LogP contribution in [0.5, 0.6) is 0 Å². The van der Waals surface area contributed by atoms with Gasteiger partial charge in [-0.25, -0.2) is 0 Å². The SMILES string of the molecule is CCN(CC(C)C(=O)O)c1ccc(Br)cc1. The smallest absolute Gasteiger partial charge is 0.308 e. The van der Waals surface area contributed by atoms with Gasteiger partial charge < -0.3 is 10.0 Å². The number of rotatable bonds is 5. The molecule has 0 spiro atoms. The van der Waals surface area contributed by atoms with E-state index < -0.39 is 5.97 Å². The van der Waals surface area contributed by atoms with Crippen LogP contribution in [-0.4, -0.2) is 24.2 Å². The summed E-state index contributed by atoms with van der Waals surface area (Å²) >= 11 is 3.38. The second-order valence-corrected chi connectivity index (χ2v) is 4.67. The van der Waals surface area contributed by atoms with Crippen molar-refractivity contribution in [3.8, 4) is 0 Å². The summed E-state index contributed by atoms with van der Waals surface area (Å²) in [6.45, 7) is 5.09. The van der Waals surface area contributed by atoms with Gasteiger partial charge in [-0.2, -0.15) is 0 Å². The summed E-state index contributed by atoms with van der Waals surface area (Å²) in [5.41, 5.74) is 1.05. The van der Waals surface area contributed by atoms with E-state index in [0.717, 1.165) is 16.7 Å². The van der Waals surface area contributed by atoms with Crippen LogP contribution in [0.25, 0.3) is 0 Å². The van der Waals surface area contributed by atoms with Crippen molar-refractivity contribution in [2.45, 2.75) is 13.8 Å². The normalized spacial score (nSPS) is 12.2. The summed E-state index contributed by atoms with van der Waals surface area (Å²) < 4.78 is 1.03. The highest BCUT2D eigenvalue weighted by molar-refractivity contribution is 9.10. The molecule has 0 fully saturated rings. The third-order valence-electron chi connectivity index (χ3n) is 2.49. The minimum Gasteiger partial charge on any atom is -0.481 e. The van der Waals surface area contributed by atoms with Crippen molar-refractivity contribution in [1.29, 1.82) is 0 Å². The van der Waals surface area contributed by atoms with E-state index in [2.05, 4.69) is 20.8 Å². The topological polar surface area (TPSA) is 40.5 Å². The Labute approximate surface area is 104 Å². The fourth-order valence-corrected chi connectivity index (χ4v) is 1.74. The van der Waals surface area contributed by atoms with Gasteiger partial charge in [0.15, 0.2) is 0 Å². The number of halogens is 1. The number of hydrogen-bond acceptors (Lipinski definition) is 2. The fourth-order valence-electron chi connectivity index (χ4n) is 1.48. The van der Waals surface area contributed by atoms with Gasteiger partial charge in [0.25, 0.3) is 0 Å². The number of benzene rings is 1. The summed E-state index contributed by atoms with van der Waals surface area (Å²) in [6, 6.07) is 7.90. The summed E-state index contributed by atoms with van der Waals surface area (Å²) in [5, 5.41) is 8.88. The first-order valence-corrected chi connectivity index (χ1v) is 6.07. The molecule has 0 saturated carbocycles. The van der Waals surface area contributed by atoms with Gasteiger partial charge in [0, 0.05) is 23.2 Å². The molecule has 0 aliphatic heterocycles. The van der Waals surface area contributed by atoms with Crippen molar-refractivity contribution in [3.05, 3.63) is 28.7 Å². The Morgan fingerprint density at radius 1 is 1.44 bits per heavy atom. The van der Waals surface area contributed by atoms with E-state index in [4.69, 9.17) is 5.11 Å². The van der Waals surface area contributed by atoms with Crippen LogP contribution in [0, 0.1) is 5.92 Å². The first kappa shape index (κ1) is 13.0. The molecule has 0 radical (unpaired) electrons. The van der Waals surface area contributed by atoms with Crippen LogP contribution in [-0.2, 0) is 4.79 Å². The molecule has 1 aromatic carbocycles. The van der Waals surface area contributed by atoms with E-state index in [1.54, 1.807) is 6.92 Å². The molecule has 1 aromatic rings. The standard InChI is InChI=1S/C12H16BrNO2/c1-3-14(8-9(2)12(15)16)11-6-4-10(13)5-7-11/h4-7,9H,3,8H2,1-2H3,(H,15,16). The van der Waals surface area contributed by atoms with Crippen LogP contribution in [0.1, 0.15) is 13.8 Å². The molecule has 4 heteroatoms. The first-order valence-electron chi connectivity index (χ1n) is 5.28. The molecule has 0 saturated heterocycles. The van der Waals surface area contributed by atoms with Crippen molar-refractivity contribution in [2.75, 3.05) is 18.0 Å². The highest BCUT2D eigenvalue weighted by atomic mass is 79.9. The second-order valence-electron chi connectivity index (χ2n) is 3.75. The van der Waals surface area contributed by atoms with Crippen LogP contribution in [0.15, 0.2) is 28.7 Å². The molecule has 88 valence electrons. The van der Waals surface area contributed by atoms with Crippen molar-refractivity contribution < 1.29 is 9.90 Å².